The Morgan fingerprint density at radius 1 is 0.892 bits per heavy atom. The van der Waals surface area contributed by atoms with Crippen LogP contribution >= 0.6 is 34.8 Å². The number of nitrogens with one attached hydrogen (secondary N) is 1. The van der Waals surface area contributed by atoms with Crippen molar-refractivity contribution in [1.29, 1.82) is 0 Å². The number of nitrogens with zero attached hydrogens (tertiary/aromatic N) is 2. The zero-order valence-electron chi connectivity index (χ0n) is 20.2. The Balaban J connectivity index is 2.04. The van der Waals surface area contributed by atoms with Gasteiger partial charge in [-0.3, -0.25) is 13.9 Å². The molecule has 37 heavy (non-hydrogen) atoms. The van der Waals surface area contributed by atoms with Crippen LogP contribution in [-0.2, 0) is 32.6 Å². The number of hydrogen-bond acceptors (Lipinski definition) is 4. The summed E-state index contributed by atoms with van der Waals surface area (Å²) in [4.78, 5) is 28.3. The lowest BCUT2D eigenvalue weighted by molar-refractivity contribution is -0.139. The molecule has 0 saturated carbocycles. The van der Waals surface area contributed by atoms with Crippen molar-refractivity contribution in [3.05, 3.63) is 99.0 Å². The monoisotopic (exact) mass is 581 g/mol. The van der Waals surface area contributed by atoms with E-state index in [1.165, 1.54) is 30.1 Å². The smallest absolute Gasteiger partial charge is 0.244 e. The van der Waals surface area contributed by atoms with E-state index in [1.807, 2.05) is 30.3 Å². The quantitative estimate of drug-likeness (QED) is 0.372. The van der Waals surface area contributed by atoms with Crippen LogP contribution in [0.5, 0.6) is 0 Å². The van der Waals surface area contributed by atoms with Gasteiger partial charge in [-0.2, -0.15) is 0 Å². The Hall–Kier alpha value is -2.78. The molecule has 2 amide bonds. The number of halogens is 3. The van der Waals surface area contributed by atoms with E-state index >= 15 is 0 Å². The second kappa shape index (κ2) is 12.6. The lowest BCUT2D eigenvalue weighted by Gasteiger charge is -2.33. The van der Waals surface area contributed by atoms with Crippen molar-refractivity contribution in [1.82, 2.24) is 10.2 Å². The molecule has 0 spiro atoms. The lowest BCUT2D eigenvalue weighted by Crippen LogP contribution is -2.52. The Labute approximate surface area is 232 Å². The maximum atomic E-state index is 13.8. The van der Waals surface area contributed by atoms with E-state index in [9.17, 15) is 18.0 Å². The normalized spacial score (nSPS) is 12.0. The first-order valence-electron chi connectivity index (χ1n) is 11.2. The first-order chi connectivity index (χ1) is 17.5. The molecule has 7 nitrogen and oxygen atoms in total. The third kappa shape index (κ3) is 7.85. The highest BCUT2D eigenvalue weighted by atomic mass is 35.5. The maximum absolute atomic E-state index is 13.8. The van der Waals surface area contributed by atoms with Gasteiger partial charge in [0, 0.05) is 30.1 Å². The fraction of sp³-hybridized carbons (Fsp3) is 0.231. The molecular formula is C26H26Cl3N3O4S. The fourth-order valence-corrected chi connectivity index (χ4v) is 5.19. The van der Waals surface area contributed by atoms with Crippen molar-refractivity contribution in [2.75, 3.05) is 24.2 Å². The van der Waals surface area contributed by atoms with Gasteiger partial charge in [-0.25, -0.2) is 8.42 Å². The molecule has 0 radical (unpaired) electrons. The summed E-state index contributed by atoms with van der Waals surface area (Å²) in [6.45, 7) is -0.545. The molecule has 0 saturated heterocycles. The van der Waals surface area contributed by atoms with Crippen molar-refractivity contribution in [3.63, 3.8) is 0 Å². The van der Waals surface area contributed by atoms with Crippen molar-refractivity contribution >= 4 is 62.3 Å². The molecule has 3 rings (SSSR count). The fourth-order valence-electron chi connectivity index (χ4n) is 3.78. The standard InChI is InChI=1S/C26H26Cl3N3O4S/c1-30-26(34)24(14-18-6-4-3-5-7-18)31(16-19-8-10-20(27)11-9-19)25(33)17-32(37(2,35)36)23-15-21(28)12-13-22(23)29/h3-13,15,24H,14,16-17H2,1-2H3,(H,30,34)/t24-/m0/s1. The van der Waals surface area contributed by atoms with Gasteiger partial charge < -0.3 is 10.2 Å². The molecule has 1 N–H and O–H groups in total. The minimum Gasteiger partial charge on any atom is -0.357 e. The molecule has 0 bridgehead atoms. The highest BCUT2D eigenvalue weighted by Gasteiger charge is 2.33. The average Bonchev–Trinajstić information content (AvgIpc) is 2.86. The summed E-state index contributed by atoms with van der Waals surface area (Å²) in [6.07, 6.45) is 1.19. The third-order valence-corrected chi connectivity index (χ3v) is 7.57. The van der Waals surface area contributed by atoms with Crippen LogP contribution in [0.2, 0.25) is 15.1 Å². The van der Waals surface area contributed by atoms with E-state index in [0.29, 0.717) is 10.6 Å². The molecule has 3 aromatic carbocycles. The summed E-state index contributed by atoms with van der Waals surface area (Å²) in [5.41, 5.74) is 1.62. The largest absolute Gasteiger partial charge is 0.357 e. The minimum atomic E-state index is -3.95. The Kier molecular flexibility index (Phi) is 9.84. The van der Waals surface area contributed by atoms with E-state index in [-0.39, 0.29) is 28.7 Å². The molecule has 1 atom stereocenters. The summed E-state index contributed by atoms with van der Waals surface area (Å²) in [5, 5.41) is 3.51. The number of rotatable bonds is 10. The first kappa shape index (κ1) is 28.8. The van der Waals surface area contributed by atoms with Gasteiger partial charge in [0.05, 0.1) is 17.0 Å². The van der Waals surface area contributed by atoms with E-state index in [0.717, 1.165) is 16.1 Å². The van der Waals surface area contributed by atoms with Crippen molar-refractivity contribution in [2.24, 2.45) is 0 Å². The molecule has 11 heteroatoms. The van der Waals surface area contributed by atoms with Crippen LogP contribution in [0.15, 0.2) is 72.8 Å². The van der Waals surface area contributed by atoms with Gasteiger partial charge in [0.1, 0.15) is 12.6 Å². The number of benzene rings is 3. The van der Waals surface area contributed by atoms with Crippen LogP contribution in [0.1, 0.15) is 11.1 Å². The SMILES string of the molecule is CNC(=O)[C@H](Cc1ccccc1)N(Cc1ccc(Cl)cc1)C(=O)CN(c1cc(Cl)ccc1Cl)S(C)(=O)=O. The zero-order chi connectivity index (χ0) is 27.2. The van der Waals surface area contributed by atoms with Crippen molar-refractivity contribution in [2.45, 2.75) is 19.0 Å². The number of hydrogen-bond donors (Lipinski definition) is 1. The molecule has 0 aromatic heterocycles. The summed E-state index contributed by atoms with van der Waals surface area (Å²) in [5.74, 6) is -0.987. The average molecular weight is 583 g/mol. The van der Waals surface area contributed by atoms with Crippen LogP contribution in [0.3, 0.4) is 0 Å². The molecule has 0 heterocycles. The second-order valence-electron chi connectivity index (χ2n) is 8.33. The number of likely N-dealkylation sites (N-methyl/N-ethyl adjacent to an activating group) is 1. The number of amides is 2. The van der Waals surface area contributed by atoms with Crippen LogP contribution in [0, 0.1) is 0 Å². The van der Waals surface area contributed by atoms with Gasteiger partial charge in [0.2, 0.25) is 21.8 Å². The van der Waals surface area contributed by atoms with Gasteiger partial charge in [-0.05, 0) is 41.5 Å². The predicted molar refractivity (Wildman–Crippen MR) is 149 cm³/mol. The van der Waals surface area contributed by atoms with E-state index in [2.05, 4.69) is 5.32 Å². The predicted octanol–water partition coefficient (Wildman–Crippen LogP) is 4.80. The van der Waals surface area contributed by atoms with E-state index in [1.54, 1.807) is 24.3 Å². The van der Waals surface area contributed by atoms with E-state index in [4.69, 9.17) is 34.8 Å². The van der Waals surface area contributed by atoms with Crippen LogP contribution in [0.4, 0.5) is 5.69 Å². The summed E-state index contributed by atoms with van der Waals surface area (Å²) in [7, 11) is -2.46. The maximum Gasteiger partial charge on any atom is 0.244 e. The molecule has 0 unspecified atom stereocenters. The number of anilines is 1. The summed E-state index contributed by atoms with van der Waals surface area (Å²) in [6, 6.07) is 19.5. The Morgan fingerprint density at radius 3 is 2.11 bits per heavy atom. The third-order valence-electron chi connectivity index (χ3n) is 5.64. The summed E-state index contributed by atoms with van der Waals surface area (Å²) >= 11 is 18.4. The highest BCUT2D eigenvalue weighted by Crippen LogP contribution is 2.31. The lowest BCUT2D eigenvalue weighted by atomic mass is 10.0. The molecule has 0 aliphatic carbocycles. The van der Waals surface area contributed by atoms with Gasteiger partial charge in [0.15, 0.2) is 0 Å². The molecule has 0 aliphatic rings. The van der Waals surface area contributed by atoms with Gasteiger partial charge in [0.25, 0.3) is 0 Å². The van der Waals surface area contributed by atoms with Gasteiger partial charge in [-0.1, -0.05) is 77.3 Å². The van der Waals surface area contributed by atoms with Crippen molar-refractivity contribution < 1.29 is 18.0 Å². The number of carbonyl (C=O) groups excluding carboxylic acids is 2. The molecule has 3 aromatic rings. The van der Waals surface area contributed by atoms with Gasteiger partial charge in [-0.15, -0.1) is 0 Å². The van der Waals surface area contributed by atoms with Crippen LogP contribution in [0.25, 0.3) is 0 Å². The Bertz CT molecular complexity index is 1350. The van der Waals surface area contributed by atoms with Crippen LogP contribution in [-0.4, -0.2) is 51.0 Å². The molecular weight excluding hydrogens is 557 g/mol. The van der Waals surface area contributed by atoms with E-state index < -0.39 is 34.4 Å². The number of sulfonamides is 1. The minimum absolute atomic E-state index is 0.0435. The molecule has 196 valence electrons. The Morgan fingerprint density at radius 2 is 1.51 bits per heavy atom. The van der Waals surface area contributed by atoms with Crippen LogP contribution < -0.4 is 9.62 Å². The van der Waals surface area contributed by atoms with Gasteiger partial charge >= 0.3 is 0 Å². The van der Waals surface area contributed by atoms with Crippen molar-refractivity contribution in [3.8, 4) is 0 Å². The number of carbonyl (C=O) groups is 2. The molecule has 0 fully saturated rings. The first-order valence-corrected chi connectivity index (χ1v) is 14.2. The second-order valence-corrected chi connectivity index (χ2v) is 11.5. The topological polar surface area (TPSA) is 86.8 Å². The highest BCUT2D eigenvalue weighted by molar-refractivity contribution is 7.92. The zero-order valence-corrected chi connectivity index (χ0v) is 23.3. The molecule has 0 aliphatic heterocycles. The summed E-state index contributed by atoms with van der Waals surface area (Å²) < 4.78 is 26.4.